The molecule has 1 saturated heterocycles. The van der Waals surface area contributed by atoms with E-state index in [2.05, 4.69) is 18.7 Å². The molecule has 0 unspecified atom stereocenters. The zero-order chi connectivity index (χ0) is 11.8. The molecule has 1 aliphatic rings. The van der Waals surface area contributed by atoms with Crippen LogP contribution in [0.25, 0.3) is 0 Å². The summed E-state index contributed by atoms with van der Waals surface area (Å²) in [6.07, 6.45) is 5.03. The van der Waals surface area contributed by atoms with Crippen molar-refractivity contribution in [2.75, 3.05) is 32.8 Å². The van der Waals surface area contributed by atoms with Gasteiger partial charge >= 0.3 is 0 Å². The first-order valence-corrected chi connectivity index (χ1v) is 6.67. The molecule has 3 heteroatoms. The normalized spacial score (nSPS) is 22.9. The summed E-state index contributed by atoms with van der Waals surface area (Å²) in [5, 5.41) is 8.94. The molecule has 0 saturated carbocycles. The Bertz CT molecular complexity index is 171. The summed E-state index contributed by atoms with van der Waals surface area (Å²) in [5.74, 6) is 0.713. The Kier molecular flexibility index (Phi) is 7.01. The van der Waals surface area contributed by atoms with Gasteiger partial charge in [0.15, 0.2) is 0 Å². The first kappa shape index (κ1) is 13.9. The van der Waals surface area contributed by atoms with Crippen LogP contribution in [-0.4, -0.2) is 49.0 Å². The van der Waals surface area contributed by atoms with E-state index in [0.29, 0.717) is 18.6 Å². The molecule has 96 valence electrons. The van der Waals surface area contributed by atoms with E-state index in [0.717, 1.165) is 26.0 Å². The molecule has 1 rings (SSSR count). The second-order valence-corrected chi connectivity index (χ2v) is 5.09. The third-order valence-electron chi connectivity index (χ3n) is 3.21. The molecule has 0 aromatic heterocycles. The Morgan fingerprint density at radius 2 is 2.25 bits per heavy atom. The van der Waals surface area contributed by atoms with E-state index in [1.165, 1.54) is 25.9 Å². The van der Waals surface area contributed by atoms with E-state index < -0.39 is 0 Å². The van der Waals surface area contributed by atoms with Crippen molar-refractivity contribution >= 4 is 0 Å². The minimum atomic E-state index is 0.342. The van der Waals surface area contributed by atoms with Crippen LogP contribution in [0.1, 0.15) is 39.5 Å². The van der Waals surface area contributed by atoms with Crippen LogP contribution in [0, 0.1) is 5.92 Å². The molecule has 0 aromatic carbocycles. The van der Waals surface area contributed by atoms with Crippen molar-refractivity contribution in [3.8, 4) is 0 Å². The monoisotopic (exact) mass is 229 g/mol. The molecule has 16 heavy (non-hydrogen) atoms. The van der Waals surface area contributed by atoms with Crippen LogP contribution in [0.4, 0.5) is 0 Å². The van der Waals surface area contributed by atoms with Gasteiger partial charge in [-0.2, -0.15) is 0 Å². The summed E-state index contributed by atoms with van der Waals surface area (Å²) in [4.78, 5) is 2.52. The van der Waals surface area contributed by atoms with Crippen LogP contribution < -0.4 is 0 Å². The second-order valence-electron chi connectivity index (χ2n) is 5.09. The van der Waals surface area contributed by atoms with Crippen molar-refractivity contribution < 1.29 is 9.84 Å². The van der Waals surface area contributed by atoms with Gasteiger partial charge in [0, 0.05) is 26.3 Å². The van der Waals surface area contributed by atoms with E-state index in [-0.39, 0.29) is 0 Å². The molecule has 1 N–H and O–H groups in total. The topological polar surface area (TPSA) is 32.7 Å². The van der Waals surface area contributed by atoms with Gasteiger partial charge in [0.05, 0.1) is 6.10 Å². The van der Waals surface area contributed by atoms with E-state index in [1.807, 2.05) is 0 Å². The van der Waals surface area contributed by atoms with Gasteiger partial charge in [-0.3, -0.25) is 0 Å². The van der Waals surface area contributed by atoms with Crippen LogP contribution in [0.5, 0.6) is 0 Å². The molecule has 1 fully saturated rings. The molecular formula is C13H27NO2. The zero-order valence-electron chi connectivity index (χ0n) is 10.8. The van der Waals surface area contributed by atoms with Crippen LogP contribution in [0.3, 0.4) is 0 Å². The van der Waals surface area contributed by atoms with Crippen LogP contribution in [-0.2, 0) is 4.74 Å². The van der Waals surface area contributed by atoms with Gasteiger partial charge in [-0.1, -0.05) is 0 Å². The Hall–Kier alpha value is -0.120. The highest BCUT2D eigenvalue weighted by Gasteiger charge is 2.18. The van der Waals surface area contributed by atoms with Crippen LogP contribution in [0.2, 0.25) is 0 Å². The standard InChI is InChI=1S/C13H27NO2/c1-12(2)16-10-4-8-14-7-3-5-13(11-14)6-9-15/h12-13,15H,3-11H2,1-2H3/t13-/m0/s1. The quantitative estimate of drug-likeness (QED) is 0.677. The number of rotatable bonds is 7. The van der Waals surface area contributed by atoms with Gasteiger partial charge in [-0.25, -0.2) is 0 Å². The number of aliphatic hydroxyl groups excluding tert-OH is 1. The maximum atomic E-state index is 8.94. The molecule has 1 atom stereocenters. The van der Waals surface area contributed by atoms with E-state index in [1.54, 1.807) is 0 Å². The number of ether oxygens (including phenoxy) is 1. The predicted octanol–water partition coefficient (Wildman–Crippen LogP) is 1.90. The molecule has 3 nitrogen and oxygen atoms in total. The third-order valence-corrected chi connectivity index (χ3v) is 3.21. The number of hydrogen-bond donors (Lipinski definition) is 1. The fourth-order valence-corrected chi connectivity index (χ4v) is 2.38. The first-order valence-electron chi connectivity index (χ1n) is 6.67. The first-order chi connectivity index (χ1) is 7.72. The van der Waals surface area contributed by atoms with Gasteiger partial charge in [0.25, 0.3) is 0 Å². The lowest BCUT2D eigenvalue weighted by molar-refractivity contribution is 0.0649. The molecule has 0 bridgehead atoms. The van der Waals surface area contributed by atoms with Gasteiger partial charge in [0.1, 0.15) is 0 Å². The molecular weight excluding hydrogens is 202 g/mol. The highest BCUT2D eigenvalue weighted by molar-refractivity contribution is 4.72. The summed E-state index contributed by atoms with van der Waals surface area (Å²) in [6.45, 7) is 8.92. The Morgan fingerprint density at radius 3 is 2.94 bits per heavy atom. The van der Waals surface area contributed by atoms with Crippen molar-refractivity contribution in [1.29, 1.82) is 0 Å². The summed E-state index contributed by atoms with van der Waals surface area (Å²) < 4.78 is 5.54. The lowest BCUT2D eigenvalue weighted by Gasteiger charge is -2.32. The average Bonchev–Trinajstić information content (AvgIpc) is 2.25. The molecule has 1 heterocycles. The summed E-state index contributed by atoms with van der Waals surface area (Å²) in [7, 11) is 0. The highest BCUT2D eigenvalue weighted by atomic mass is 16.5. The lowest BCUT2D eigenvalue weighted by Crippen LogP contribution is -2.36. The summed E-state index contributed by atoms with van der Waals surface area (Å²) >= 11 is 0. The average molecular weight is 229 g/mol. The van der Waals surface area contributed by atoms with E-state index >= 15 is 0 Å². The van der Waals surface area contributed by atoms with Crippen molar-refractivity contribution in [1.82, 2.24) is 4.90 Å². The Labute approximate surface area is 99.8 Å². The zero-order valence-corrected chi connectivity index (χ0v) is 10.8. The van der Waals surface area contributed by atoms with Gasteiger partial charge in [-0.15, -0.1) is 0 Å². The number of likely N-dealkylation sites (tertiary alicyclic amines) is 1. The van der Waals surface area contributed by atoms with Crippen molar-refractivity contribution in [2.45, 2.75) is 45.6 Å². The maximum Gasteiger partial charge on any atom is 0.0518 e. The fourth-order valence-electron chi connectivity index (χ4n) is 2.38. The Morgan fingerprint density at radius 1 is 1.44 bits per heavy atom. The fraction of sp³-hybridized carbons (Fsp3) is 1.00. The largest absolute Gasteiger partial charge is 0.396 e. The van der Waals surface area contributed by atoms with Crippen LogP contribution in [0.15, 0.2) is 0 Å². The number of hydrogen-bond acceptors (Lipinski definition) is 3. The smallest absolute Gasteiger partial charge is 0.0518 e. The Balaban J connectivity index is 2.07. The van der Waals surface area contributed by atoms with Gasteiger partial charge in [0.2, 0.25) is 0 Å². The molecule has 0 aliphatic carbocycles. The van der Waals surface area contributed by atoms with Gasteiger partial charge < -0.3 is 14.7 Å². The maximum absolute atomic E-state index is 8.94. The molecule has 0 spiro atoms. The van der Waals surface area contributed by atoms with Crippen LogP contribution >= 0.6 is 0 Å². The van der Waals surface area contributed by atoms with E-state index in [9.17, 15) is 0 Å². The summed E-state index contributed by atoms with van der Waals surface area (Å²) in [6, 6.07) is 0. The van der Waals surface area contributed by atoms with E-state index in [4.69, 9.17) is 9.84 Å². The highest BCUT2D eigenvalue weighted by Crippen LogP contribution is 2.19. The minimum absolute atomic E-state index is 0.342. The predicted molar refractivity (Wildman–Crippen MR) is 66.6 cm³/mol. The van der Waals surface area contributed by atoms with Gasteiger partial charge in [-0.05, 0) is 52.0 Å². The minimum Gasteiger partial charge on any atom is -0.396 e. The number of piperidine rings is 1. The summed E-state index contributed by atoms with van der Waals surface area (Å²) in [5.41, 5.74) is 0. The molecule has 0 aromatic rings. The SMILES string of the molecule is CC(C)OCCCN1CCC[C@@H](CCO)C1. The molecule has 0 amide bonds. The number of nitrogens with zero attached hydrogens (tertiary/aromatic N) is 1. The number of aliphatic hydroxyl groups is 1. The molecule has 1 aliphatic heterocycles. The second kappa shape index (κ2) is 8.04. The van der Waals surface area contributed by atoms with Crippen molar-refractivity contribution in [3.05, 3.63) is 0 Å². The van der Waals surface area contributed by atoms with Crippen molar-refractivity contribution in [3.63, 3.8) is 0 Å². The molecule has 0 radical (unpaired) electrons. The van der Waals surface area contributed by atoms with Crippen molar-refractivity contribution in [2.24, 2.45) is 5.92 Å². The lowest BCUT2D eigenvalue weighted by atomic mass is 9.95. The third kappa shape index (κ3) is 5.83.